The van der Waals surface area contributed by atoms with Crippen LogP contribution in [0.25, 0.3) is 6.08 Å². The van der Waals surface area contributed by atoms with Gasteiger partial charge in [0.2, 0.25) is 0 Å². The van der Waals surface area contributed by atoms with Gasteiger partial charge in [-0.1, -0.05) is 24.0 Å². The molecule has 1 amide bonds. The van der Waals surface area contributed by atoms with Gasteiger partial charge in [0.05, 0.1) is 20.8 Å². The monoisotopic (exact) mass is 332 g/mol. The molecule has 0 aliphatic carbocycles. The highest BCUT2D eigenvalue weighted by Gasteiger charge is 2.32. The van der Waals surface area contributed by atoms with Gasteiger partial charge in [-0.2, -0.15) is 0 Å². The normalized spacial score (nSPS) is 18.3. The van der Waals surface area contributed by atoms with E-state index in [1.807, 2.05) is 0 Å². The van der Waals surface area contributed by atoms with Gasteiger partial charge in [-0.15, -0.1) is 0 Å². The first-order chi connectivity index (χ1) is 9.26. The fraction of sp³-hybridized carbons (Fsp3) is 0.273. The number of hydrogen-bond donors (Lipinski definition) is 0. The summed E-state index contributed by atoms with van der Waals surface area (Å²) in [5.74, 6) is 0.147. The van der Waals surface area contributed by atoms with E-state index >= 15 is 0 Å². The molecule has 0 atom stereocenters. The first-order valence-corrected chi connectivity index (χ1v) is 8.32. The van der Waals surface area contributed by atoms with Crippen LogP contribution in [-0.4, -0.2) is 40.4 Å². The van der Waals surface area contributed by atoms with Gasteiger partial charge < -0.3 is 8.97 Å². The maximum absolute atomic E-state index is 12.1. The molecular weight excluding hydrogens is 322 g/mol. The molecule has 2 heterocycles. The summed E-state index contributed by atoms with van der Waals surface area (Å²) in [6, 6.07) is 3.47. The number of hydrogen-bond acceptors (Lipinski definition) is 7. The van der Waals surface area contributed by atoms with E-state index in [0.29, 0.717) is 16.4 Å². The molecule has 1 aliphatic rings. The highest BCUT2D eigenvalue weighted by atomic mass is 32.2. The van der Waals surface area contributed by atoms with E-state index in [1.165, 1.54) is 6.08 Å². The van der Waals surface area contributed by atoms with Crippen LogP contribution in [0.4, 0.5) is 0 Å². The van der Waals surface area contributed by atoms with Gasteiger partial charge >= 0.3 is 0 Å². The van der Waals surface area contributed by atoms with Gasteiger partial charge in [-0.25, -0.2) is 8.42 Å². The molecule has 2 rings (SSSR count). The van der Waals surface area contributed by atoms with Crippen molar-refractivity contribution in [2.75, 3.05) is 12.3 Å². The molecule has 0 aromatic carbocycles. The minimum Gasteiger partial charge on any atom is -0.748 e. The average Bonchev–Trinajstić information content (AvgIpc) is 2.82. The Labute approximate surface area is 125 Å². The summed E-state index contributed by atoms with van der Waals surface area (Å²) in [7, 11) is -4.38. The van der Waals surface area contributed by atoms with Gasteiger partial charge in [0, 0.05) is 12.6 Å². The number of thioether (sulfide) groups is 1. The SMILES string of the molecule is Cc1ccc(/C=C2/SC(=S)N(CCS(=O)(=O)[O-])C2=O)o1. The van der Waals surface area contributed by atoms with Crippen LogP contribution in [-0.2, 0) is 14.9 Å². The summed E-state index contributed by atoms with van der Waals surface area (Å²) >= 11 is 6.05. The Morgan fingerprint density at radius 2 is 2.20 bits per heavy atom. The second-order valence-corrected chi connectivity index (χ2v) is 7.24. The maximum atomic E-state index is 12.1. The first-order valence-electron chi connectivity index (χ1n) is 5.51. The fourth-order valence-electron chi connectivity index (χ4n) is 1.56. The van der Waals surface area contributed by atoms with Crippen LogP contribution in [0.5, 0.6) is 0 Å². The smallest absolute Gasteiger partial charge is 0.266 e. The van der Waals surface area contributed by atoms with Gasteiger partial charge in [0.1, 0.15) is 15.8 Å². The molecular formula is C11H10NO5S3-. The van der Waals surface area contributed by atoms with Crippen molar-refractivity contribution in [3.8, 4) is 0 Å². The van der Waals surface area contributed by atoms with Crippen LogP contribution in [0.3, 0.4) is 0 Å². The lowest BCUT2D eigenvalue weighted by molar-refractivity contribution is -0.121. The molecule has 0 bridgehead atoms. The molecule has 0 N–H and O–H groups in total. The van der Waals surface area contributed by atoms with Crippen molar-refractivity contribution in [2.24, 2.45) is 0 Å². The van der Waals surface area contributed by atoms with Gasteiger partial charge in [-0.05, 0) is 19.1 Å². The van der Waals surface area contributed by atoms with E-state index < -0.39 is 21.8 Å². The molecule has 0 radical (unpaired) electrons. The molecule has 20 heavy (non-hydrogen) atoms. The standard InChI is InChI=1S/C11H11NO5S3/c1-7-2-3-8(17-7)6-9-10(13)12(11(18)19-9)4-5-20(14,15)16/h2-3,6H,4-5H2,1H3,(H,14,15,16)/p-1/b9-6+. The van der Waals surface area contributed by atoms with E-state index in [0.717, 1.165) is 16.7 Å². The second kappa shape index (κ2) is 5.68. The largest absolute Gasteiger partial charge is 0.748 e. The zero-order chi connectivity index (χ0) is 14.9. The predicted octanol–water partition coefficient (Wildman–Crippen LogP) is 1.33. The Balaban J connectivity index is 2.14. The molecule has 0 saturated carbocycles. The maximum Gasteiger partial charge on any atom is 0.266 e. The highest BCUT2D eigenvalue weighted by molar-refractivity contribution is 8.26. The Bertz CT molecular complexity index is 689. The number of nitrogens with zero attached hydrogens (tertiary/aromatic N) is 1. The third-order valence-corrected chi connectivity index (χ3v) is 4.53. The summed E-state index contributed by atoms with van der Waals surface area (Å²) in [6.45, 7) is 1.55. The number of carbonyl (C=O) groups is 1. The van der Waals surface area contributed by atoms with Crippen molar-refractivity contribution in [3.05, 3.63) is 28.6 Å². The van der Waals surface area contributed by atoms with Crippen molar-refractivity contribution >= 4 is 50.4 Å². The molecule has 1 aliphatic heterocycles. The molecule has 108 valence electrons. The highest BCUT2D eigenvalue weighted by Crippen LogP contribution is 2.32. The van der Waals surface area contributed by atoms with Crippen molar-refractivity contribution < 1.29 is 22.2 Å². The lowest BCUT2D eigenvalue weighted by atomic mass is 10.3. The first kappa shape index (κ1) is 15.2. The molecule has 9 heteroatoms. The van der Waals surface area contributed by atoms with Crippen LogP contribution >= 0.6 is 24.0 Å². The van der Waals surface area contributed by atoms with Crippen LogP contribution < -0.4 is 0 Å². The fourth-order valence-corrected chi connectivity index (χ4v) is 3.25. The summed E-state index contributed by atoms with van der Waals surface area (Å²) < 4.78 is 37.4. The summed E-state index contributed by atoms with van der Waals surface area (Å²) in [4.78, 5) is 13.5. The van der Waals surface area contributed by atoms with Crippen molar-refractivity contribution in [1.29, 1.82) is 0 Å². The predicted molar refractivity (Wildman–Crippen MR) is 77.9 cm³/mol. The molecule has 0 unspecified atom stereocenters. The Kier molecular flexibility index (Phi) is 4.33. The van der Waals surface area contributed by atoms with E-state index in [1.54, 1.807) is 19.1 Å². The van der Waals surface area contributed by atoms with Crippen LogP contribution in [0.1, 0.15) is 11.5 Å². The molecule has 6 nitrogen and oxygen atoms in total. The van der Waals surface area contributed by atoms with E-state index in [2.05, 4.69) is 0 Å². The second-order valence-electron chi connectivity index (χ2n) is 4.04. The van der Waals surface area contributed by atoms with Crippen molar-refractivity contribution in [1.82, 2.24) is 4.90 Å². The Morgan fingerprint density at radius 3 is 2.75 bits per heavy atom. The molecule has 1 fully saturated rings. The van der Waals surface area contributed by atoms with Crippen LogP contribution in [0.2, 0.25) is 0 Å². The quantitative estimate of drug-likeness (QED) is 0.467. The number of thiocarbonyl (C=S) groups is 1. The van der Waals surface area contributed by atoms with Crippen molar-refractivity contribution in [2.45, 2.75) is 6.92 Å². The van der Waals surface area contributed by atoms with E-state index in [4.69, 9.17) is 16.6 Å². The average molecular weight is 332 g/mol. The van der Waals surface area contributed by atoms with Crippen molar-refractivity contribution in [3.63, 3.8) is 0 Å². The number of aryl methyl sites for hydroxylation is 1. The third-order valence-electron chi connectivity index (χ3n) is 2.47. The van der Waals surface area contributed by atoms with Crippen LogP contribution in [0.15, 0.2) is 21.5 Å². The molecule has 1 aromatic rings. The summed E-state index contributed by atoms with van der Waals surface area (Å²) in [5, 5.41) is 0. The lowest BCUT2D eigenvalue weighted by Gasteiger charge is -2.15. The minimum absolute atomic E-state index is 0.230. The molecule has 1 saturated heterocycles. The summed E-state index contributed by atoms with van der Waals surface area (Å²) in [6.07, 6.45) is 1.54. The van der Waals surface area contributed by atoms with E-state index in [9.17, 15) is 17.8 Å². The van der Waals surface area contributed by atoms with E-state index in [-0.39, 0.29) is 10.9 Å². The lowest BCUT2D eigenvalue weighted by Crippen LogP contribution is -2.32. The number of amides is 1. The zero-order valence-corrected chi connectivity index (χ0v) is 12.8. The molecule has 0 spiro atoms. The Morgan fingerprint density at radius 1 is 1.50 bits per heavy atom. The number of furan rings is 1. The van der Waals surface area contributed by atoms with Gasteiger partial charge in [-0.3, -0.25) is 9.69 Å². The number of rotatable bonds is 4. The van der Waals surface area contributed by atoms with Gasteiger partial charge in [0.25, 0.3) is 5.91 Å². The Hall–Kier alpha value is -1.16. The summed E-state index contributed by atoms with van der Waals surface area (Å²) in [5.41, 5.74) is 0. The third kappa shape index (κ3) is 3.69. The van der Waals surface area contributed by atoms with Gasteiger partial charge in [0.15, 0.2) is 0 Å². The minimum atomic E-state index is -4.38. The molecule has 1 aromatic heterocycles. The zero-order valence-electron chi connectivity index (χ0n) is 10.4. The topological polar surface area (TPSA) is 90.6 Å². The number of carbonyl (C=O) groups excluding carboxylic acids is 1. The van der Waals surface area contributed by atoms with Crippen LogP contribution in [0, 0.1) is 6.92 Å².